The van der Waals surface area contributed by atoms with Crippen LogP contribution in [0.15, 0.2) is 36.5 Å². The van der Waals surface area contributed by atoms with Gasteiger partial charge in [0.1, 0.15) is 11.6 Å². The number of hydrogen-bond donors (Lipinski definition) is 1. The molecular formula is C16H17FN2O3. The summed E-state index contributed by atoms with van der Waals surface area (Å²) in [4.78, 5) is 14.3. The van der Waals surface area contributed by atoms with Crippen LogP contribution in [0.25, 0.3) is 0 Å². The van der Waals surface area contributed by atoms with Crippen LogP contribution in [0.4, 0.5) is 4.39 Å². The van der Waals surface area contributed by atoms with E-state index in [0.29, 0.717) is 19.8 Å². The van der Waals surface area contributed by atoms with Crippen LogP contribution in [0.5, 0.6) is 5.75 Å². The third-order valence-corrected chi connectivity index (χ3v) is 3.90. The van der Waals surface area contributed by atoms with Crippen molar-refractivity contribution >= 4 is 5.91 Å². The van der Waals surface area contributed by atoms with Gasteiger partial charge in [-0.3, -0.25) is 4.79 Å². The Balaban J connectivity index is 1.93. The number of phenolic OH excluding ortho intramolecular Hbond substituents is 1. The Morgan fingerprint density at radius 1 is 1.41 bits per heavy atom. The van der Waals surface area contributed by atoms with Crippen molar-refractivity contribution < 1.29 is 19.0 Å². The van der Waals surface area contributed by atoms with Crippen molar-refractivity contribution in [1.29, 1.82) is 0 Å². The maximum absolute atomic E-state index is 14.0. The van der Waals surface area contributed by atoms with Gasteiger partial charge in [0.05, 0.1) is 24.8 Å². The van der Waals surface area contributed by atoms with Crippen LogP contribution >= 0.6 is 0 Å². The van der Waals surface area contributed by atoms with Crippen LogP contribution in [-0.4, -0.2) is 40.2 Å². The molecular weight excluding hydrogens is 287 g/mol. The molecule has 2 aromatic rings. The molecule has 0 bridgehead atoms. The zero-order valence-corrected chi connectivity index (χ0v) is 12.2. The predicted octanol–water partition coefficient (Wildman–Crippen LogP) is 2.08. The fraction of sp³-hybridized carbons (Fsp3) is 0.312. The van der Waals surface area contributed by atoms with Crippen molar-refractivity contribution in [2.45, 2.75) is 6.04 Å². The Kier molecular flexibility index (Phi) is 3.85. The zero-order valence-electron chi connectivity index (χ0n) is 12.2. The summed E-state index contributed by atoms with van der Waals surface area (Å²) in [5, 5.41) is 9.28. The number of hydrogen-bond acceptors (Lipinski definition) is 3. The van der Waals surface area contributed by atoms with Crippen molar-refractivity contribution in [3.63, 3.8) is 0 Å². The van der Waals surface area contributed by atoms with E-state index in [9.17, 15) is 14.3 Å². The van der Waals surface area contributed by atoms with E-state index in [1.165, 1.54) is 12.1 Å². The first-order valence-electron chi connectivity index (χ1n) is 7.06. The molecule has 1 N–H and O–H groups in total. The minimum absolute atomic E-state index is 0.0427. The quantitative estimate of drug-likeness (QED) is 0.924. The minimum atomic E-state index is -0.720. The highest BCUT2D eigenvalue weighted by Crippen LogP contribution is 2.27. The summed E-state index contributed by atoms with van der Waals surface area (Å²) in [5.74, 6) is -1.32. The summed E-state index contributed by atoms with van der Waals surface area (Å²) in [7, 11) is 1.90. The highest BCUT2D eigenvalue weighted by Gasteiger charge is 2.31. The van der Waals surface area contributed by atoms with E-state index in [1.54, 1.807) is 4.90 Å². The molecule has 1 saturated heterocycles. The van der Waals surface area contributed by atoms with Crippen LogP contribution < -0.4 is 0 Å². The second-order valence-corrected chi connectivity index (χ2v) is 5.30. The van der Waals surface area contributed by atoms with Gasteiger partial charge in [-0.15, -0.1) is 0 Å². The van der Waals surface area contributed by atoms with Gasteiger partial charge in [0.15, 0.2) is 0 Å². The van der Waals surface area contributed by atoms with Gasteiger partial charge in [0.25, 0.3) is 5.91 Å². The van der Waals surface area contributed by atoms with Gasteiger partial charge in [-0.1, -0.05) is 0 Å². The van der Waals surface area contributed by atoms with Crippen LogP contribution in [0.1, 0.15) is 22.1 Å². The number of morpholine rings is 1. The molecule has 1 aliphatic heterocycles. The third kappa shape index (κ3) is 2.57. The first-order chi connectivity index (χ1) is 10.6. The van der Waals surface area contributed by atoms with E-state index in [2.05, 4.69) is 0 Å². The Morgan fingerprint density at radius 3 is 2.91 bits per heavy atom. The van der Waals surface area contributed by atoms with Gasteiger partial charge >= 0.3 is 0 Å². The molecule has 0 saturated carbocycles. The number of amides is 1. The van der Waals surface area contributed by atoms with E-state index < -0.39 is 11.7 Å². The average molecular weight is 304 g/mol. The molecule has 6 heteroatoms. The van der Waals surface area contributed by atoms with Crippen LogP contribution in [0.2, 0.25) is 0 Å². The molecule has 0 unspecified atom stereocenters. The van der Waals surface area contributed by atoms with E-state index >= 15 is 0 Å². The molecule has 1 aliphatic rings. The largest absolute Gasteiger partial charge is 0.508 e. The Morgan fingerprint density at radius 2 is 2.23 bits per heavy atom. The lowest BCUT2D eigenvalue weighted by Gasteiger charge is -2.36. The molecule has 5 nitrogen and oxygen atoms in total. The first kappa shape index (κ1) is 14.6. The topological polar surface area (TPSA) is 54.7 Å². The Hall–Kier alpha value is -2.34. The third-order valence-electron chi connectivity index (χ3n) is 3.90. The Labute approximate surface area is 127 Å². The van der Waals surface area contributed by atoms with E-state index in [1.807, 2.05) is 29.9 Å². The SMILES string of the molecule is Cn1cccc1[C@H]1COCCN1C(=O)c1ccc(O)cc1F. The number of aryl methyl sites for hydroxylation is 1. The van der Waals surface area contributed by atoms with Gasteiger partial charge in [0.2, 0.25) is 0 Å². The fourth-order valence-corrected chi connectivity index (χ4v) is 2.74. The highest BCUT2D eigenvalue weighted by molar-refractivity contribution is 5.95. The first-order valence-corrected chi connectivity index (χ1v) is 7.06. The summed E-state index contributed by atoms with van der Waals surface area (Å²) in [6.07, 6.45) is 1.90. The van der Waals surface area contributed by atoms with Crippen molar-refractivity contribution in [3.8, 4) is 5.75 Å². The van der Waals surface area contributed by atoms with Gasteiger partial charge in [-0.25, -0.2) is 4.39 Å². The number of rotatable bonds is 2. The maximum Gasteiger partial charge on any atom is 0.257 e. The van der Waals surface area contributed by atoms with Crippen molar-refractivity contribution in [3.05, 3.63) is 53.6 Å². The summed E-state index contributed by atoms with van der Waals surface area (Å²) < 4.78 is 21.4. The molecule has 22 heavy (non-hydrogen) atoms. The van der Waals surface area contributed by atoms with Gasteiger partial charge in [-0.2, -0.15) is 0 Å². The summed E-state index contributed by atoms with van der Waals surface area (Å²) in [5.41, 5.74) is 0.895. The summed E-state index contributed by atoms with van der Waals surface area (Å²) in [6, 6.07) is 7.14. The minimum Gasteiger partial charge on any atom is -0.508 e. The predicted molar refractivity (Wildman–Crippen MR) is 78.1 cm³/mol. The number of carbonyl (C=O) groups excluding carboxylic acids is 1. The number of benzene rings is 1. The maximum atomic E-state index is 14.0. The number of carbonyl (C=O) groups is 1. The fourth-order valence-electron chi connectivity index (χ4n) is 2.74. The molecule has 116 valence electrons. The highest BCUT2D eigenvalue weighted by atomic mass is 19.1. The number of ether oxygens (including phenoxy) is 1. The molecule has 0 spiro atoms. The number of nitrogens with zero attached hydrogens (tertiary/aromatic N) is 2. The van der Waals surface area contributed by atoms with Crippen LogP contribution in [0.3, 0.4) is 0 Å². The van der Waals surface area contributed by atoms with Gasteiger partial charge in [0, 0.05) is 31.5 Å². The van der Waals surface area contributed by atoms with Crippen LogP contribution in [0, 0.1) is 5.82 Å². The monoisotopic (exact) mass is 304 g/mol. The zero-order chi connectivity index (χ0) is 15.7. The number of aromatic nitrogens is 1. The molecule has 3 rings (SSSR count). The smallest absolute Gasteiger partial charge is 0.257 e. The molecule has 0 aliphatic carbocycles. The average Bonchev–Trinajstić information content (AvgIpc) is 2.93. The van der Waals surface area contributed by atoms with Crippen LogP contribution in [-0.2, 0) is 11.8 Å². The molecule has 1 atom stereocenters. The second kappa shape index (κ2) is 5.81. The molecule has 1 aromatic heterocycles. The van der Waals surface area contributed by atoms with Gasteiger partial charge < -0.3 is 19.3 Å². The standard InChI is InChI=1S/C16H17FN2O3/c1-18-6-2-3-14(18)15-10-22-8-7-19(15)16(21)12-5-4-11(20)9-13(12)17/h2-6,9,15,20H,7-8,10H2,1H3/t15-/m1/s1. The summed E-state index contributed by atoms with van der Waals surface area (Å²) >= 11 is 0. The lowest BCUT2D eigenvalue weighted by molar-refractivity contribution is -0.00486. The Bertz CT molecular complexity index is 698. The number of phenols is 1. The van der Waals surface area contributed by atoms with E-state index in [0.717, 1.165) is 11.8 Å². The number of aromatic hydroxyl groups is 1. The second-order valence-electron chi connectivity index (χ2n) is 5.30. The lowest BCUT2D eigenvalue weighted by Crippen LogP contribution is -2.44. The molecule has 2 heterocycles. The van der Waals surface area contributed by atoms with Crippen molar-refractivity contribution in [1.82, 2.24) is 9.47 Å². The van der Waals surface area contributed by atoms with Gasteiger partial charge in [-0.05, 0) is 24.3 Å². The van der Waals surface area contributed by atoms with E-state index in [4.69, 9.17) is 4.74 Å². The molecule has 1 fully saturated rings. The molecule has 1 aromatic carbocycles. The molecule has 0 radical (unpaired) electrons. The normalized spacial score (nSPS) is 18.5. The molecule has 1 amide bonds. The summed E-state index contributed by atoms with van der Waals surface area (Å²) in [6.45, 7) is 1.20. The van der Waals surface area contributed by atoms with Crippen molar-refractivity contribution in [2.75, 3.05) is 19.8 Å². The van der Waals surface area contributed by atoms with E-state index in [-0.39, 0.29) is 17.4 Å². The number of halogens is 1. The van der Waals surface area contributed by atoms with Crippen molar-refractivity contribution in [2.24, 2.45) is 7.05 Å². The lowest BCUT2D eigenvalue weighted by atomic mass is 10.1.